The van der Waals surface area contributed by atoms with Crippen molar-refractivity contribution >= 4 is 29.9 Å². The predicted molar refractivity (Wildman–Crippen MR) is 106 cm³/mol. The molecule has 0 bridgehead atoms. The molecule has 0 aromatic carbocycles. The van der Waals surface area contributed by atoms with Crippen molar-refractivity contribution in [3.05, 3.63) is 24.0 Å². The molecule has 6 heteroatoms. The third-order valence-corrected chi connectivity index (χ3v) is 3.91. The van der Waals surface area contributed by atoms with Gasteiger partial charge < -0.3 is 19.5 Å². The van der Waals surface area contributed by atoms with Crippen LogP contribution in [0.1, 0.15) is 31.9 Å². The Kier molecular flexibility index (Phi) is 9.62. The number of nitrogens with zero attached hydrogens (tertiary/aromatic N) is 3. The maximum Gasteiger partial charge on any atom is 0.194 e. The Bertz CT molecular complexity index is 471. The van der Waals surface area contributed by atoms with Gasteiger partial charge in [-0.3, -0.25) is 4.99 Å². The highest BCUT2D eigenvalue weighted by atomic mass is 127. The van der Waals surface area contributed by atoms with E-state index in [0.717, 1.165) is 51.1 Å². The number of aryl methyl sites for hydroxylation is 1. The number of hydrogen-bond acceptors (Lipinski definition) is 2. The zero-order valence-corrected chi connectivity index (χ0v) is 17.0. The Morgan fingerprint density at radius 3 is 2.87 bits per heavy atom. The SMILES string of the molecule is CCNC(=NCCCOCC1CC1)N(C)Cc1cccn1C.I. The second-order valence-corrected chi connectivity index (χ2v) is 6.07. The largest absolute Gasteiger partial charge is 0.381 e. The van der Waals surface area contributed by atoms with Crippen molar-refractivity contribution in [1.82, 2.24) is 14.8 Å². The Labute approximate surface area is 157 Å². The molecule has 1 aliphatic rings. The van der Waals surface area contributed by atoms with Crippen molar-refractivity contribution in [3.8, 4) is 0 Å². The molecule has 1 aromatic heterocycles. The number of nitrogens with one attached hydrogen (secondary N) is 1. The van der Waals surface area contributed by atoms with E-state index >= 15 is 0 Å². The summed E-state index contributed by atoms with van der Waals surface area (Å²) in [5.74, 6) is 1.81. The summed E-state index contributed by atoms with van der Waals surface area (Å²) in [5.41, 5.74) is 1.28. The summed E-state index contributed by atoms with van der Waals surface area (Å²) in [7, 11) is 4.16. The smallest absolute Gasteiger partial charge is 0.194 e. The molecule has 5 nitrogen and oxygen atoms in total. The van der Waals surface area contributed by atoms with E-state index in [9.17, 15) is 0 Å². The van der Waals surface area contributed by atoms with Crippen LogP contribution < -0.4 is 5.32 Å². The number of aromatic nitrogens is 1. The van der Waals surface area contributed by atoms with Gasteiger partial charge in [0.2, 0.25) is 0 Å². The van der Waals surface area contributed by atoms with Crippen LogP contribution in [0.4, 0.5) is 0 Å². The summed E-state index contributed by atoms with van der Waals surface area (Å²) in [6, 6.07) is 4.22. The molecule has 1 saturated carbocycles. The molecule has 1 heterocycles. The molecule has 0 radical (unpaired) electrons. The quantitative estimate of drug-likeness (QED) is 0.281. The van der Waals surface area contributed by atoms with Crippen molar-refractivity contribution in [1.29, 1.82) is 0 Å². The number of ether oxygens (including phenoxy) is 1. The van der Waals surface area contributed by atoms with Crippen LogP contribution in [-0.4, -0.2) is 48.8 Å². The molecule has 1 aliphatic carbocycles. The molecule has 0 atom stereocenters. The van der Waals surface area contributed by atoms with Gasteiger partial charge in [-0.15, -0.1) is 24.0 Å². The van der Waals surface area contributed by atoms with Crippen LogP contribution >= 0.6 is 24.0 Å². The van der Waals surface area contributed by atoms with Gasteiger partial charge in [0, 0.05) is 52.3 Å². The summed E-state index contributed by atoms with van der Waals surface area (Å²) in [6.07, 6.45) is 5.77. The van der Waals surface area contributed by atoms with Gasteiger partial charge >= 0.3 is 0 Å². The van der Waals surface area contributed by atoms with E-state index in [4.69, 9.17) is 9.73 Å². The van der Waals surface area contributed by atoms with E-state index in [-0.39, 0.29) is 24.0 Å². The Morgan fingerprint density at radius 1 is 1.48 bits per heavy atom. The van der Waals surface area contributed by atoms with Crippen LogP contribution in [0, 0.1) is 5.92 Å². The van der Waals surface area contributed by atoms with Gasteiger partial charge in [-0.1, -0.05) is 0 Å². The highest BCUT2D eigenvalue weighted by molar-refractivity contribution is 14.0. The van der Waals surface area contributed by atoms with Gasteiger partial charge in [-0.05, 0) is 44.2 Å². The van der Waals surface area contributed by atoms with Crippen LogP contribution in [-0.2, 0) is 18.3 Å². The lowest BCUT2D eigenvalue weighted by atomic mass is 10.4. The molecule has 132 valence electrons. The average molecular weight is 434 g/mol. The van der Waals surface area contributed by atoms with E-state index < -0.39 is 0 Å². The van der Waals surface area contributed by atoms with Gasteiger partial charge in [0.25, 0.3) is 0 Å². The molecule has 23 heavy (non-hydrogen) atoms. The lowest BCUT2D eigenvalue weighted by Crippen LogP contribution is -2.39. The fourth-order valence-corrected chi connectivity index (χ4v) is 2.33. The molecule has 2 rings (SSSR count). The first kappa shape index (κ1) is 20.3. The number of aliphatic imine (C=N–C) groups is 1. The minimum Gasteiger partial charge on any atom is -0.381 e. The summed E-state index contributed by atoms with van der Waals surface area (Å²) in [6.45, 7) is 6.41. The average Bonchev–Trinajstić information content (AvgIpc) is 3.24. The van der Waals surface area contributed by atoms with Crippen molar-refractivity contribution in [2.45, 2.75) is 32.7 Å². The van der Waals surface area contributed by atoms with Crippen molar-refractivity contribution in [3.63, 3.8) is 0 Å². The standard InChI is InChI=1S/C17H30N4O.HI/c1-4-18-17(19-10-6-12-22-14-15-8-9-15)21(3)13-16-7-5-11-20(16)2;/h5,7,11,15H,4,6,8-10,12-14H2,1-3H3,(H,18,19);1H. The highest BCUT2D eigenvalue weighted by Crippen LogP contribution is 2.28. The van der Waals surface area contributed by atoms with Crippen LogP contribution in [0.2, 0.25) is 0 Å². The molecule has 0 unspecified atom stereocenters. The molecule has 1 aromatic rings. The van der Waals surface area contributed by atoms with Gasteiger partial charge in [0.05, 0.1) is 6.54 Å². The van der Waals surface area contributed by atoms with E-state index in [1.807, 2.05) is 0 Å². The first-order valence-corrected chi connectivity index (χ1v) is 8.38. The number of hydrogen-bond donors (Lipinski definition) is 1. The fourth-order valence-electron chi connectivity index (χ4n) is 2.33. The van der Waals surface area contributed by atoms with Crippen LogP contribution in [0.5, 0.6) is 0 Å². The monoisotopic (exact) mass is 434 g/mol. The number of halogens is 1. The molecule has 0 spiro atoms. The summed E-state index contributed by atoms with van der Waals surface area (Å²) in [5, 5.41) is 3.36. The summed E-state index contributed by atoms with van der Waals surface area (Å²) in [4.78, 5) is 6.87. The minimum absolute atomic E-state index is 0. The second kappa shape index (κ2) is 10.9. The van der Waals surface area contributed by atoms with E-state index in [1.54, 1.807) is 0 Å². The zero-order valence-electron chi connectivity index (χ0n) is 14.6. The van der Waals surface area contributed by atoms with E-state index in [1.165, 1.54) is 18.5 Å². The summed E-state index contributed by atoms with van der Waals surface area (Å²) >= 11 is 0. The predicted octanol–water partition coefficient (Wildman–Crippen LogP) is 2.86. The Balaban J connectivity index is 0.00000264. The van der Waals surface area contributed by atoms with Crippen molar-refractivity contribution in [2.75, 3.05) is 33.4 Å². The molecule has 0 aliphatic heterocycles. The second-order valence-electron chi connectivity index (χ2n) is 6.07. The maximum absolute atomic E-state index is 5.65. The third-order valence-electron chi connectivity index (χ3n) is 3.91. The van der Waals surface area contributed by atoms with E-state index in [2.05, 4.69) is 54.1 Å². The van der Waals surface area contributed by atoms with Gasteiger partial charge in [-0.2, -0.15) is 0 Å². The Hall–Kier alpha value is -0.760. The Morgan fingerprint density at radius 2 is 2.26 bits per heavy atom. The summed E-state index contributed by atoms with van der Waals surface area (Å²) < 4.78 is 7.80. The van der Waals surface area contributed by atoms with Crippen molar-refractivity contribution in [2.24, 2.45) is 18.0 Å². The van der Waals surface area contributed by atoms with Gasteiger partial charge in [0.15, 0.2) is 5.96 Å². The van der Waals surface area contributed by atoms with Gasteiger partial charge in [0.1, 0.15) is 0 Å². The maximum atomic E-state index is 5.65. The third kappa shape index (κ3) is 7.56. The number of rotatable bonds is 9. The highest BCUT2D eigenvalue weighted by Gasteiger charge is 2.20. The molecule has 1 N–H and O–H groups in total. The zero-order chi connectivity index (χ0) is 15.8. The lowest BCUT2D eigenvalue weighted by molar-refractivity contribution is 0.123. The molecular weight excluding hydrogens is 403 g/mol. The lowest BCUT2D eigenvalue weighted by Gasteiger charge is -2.22. The molecular formula is C17H31IN4O. The fraction of sp³-hybridized carbons (Fsp3) is 0.706. The van der Waals surface area contributed by atoms with Crippen molar-refractivity contribution < 1.29 is 4.74 Å². The molecule has 1 fully saturated rings. The van der Waals surface area contributed by atoms with Gasteiger partial charge in [-0.25, -0.2) is 0 Å². The first-order chi connectivity index (χ1) is 10.7. The topological polar surface area (TPSA) is 41.8 Å². The molecule has 0 amide bonds. The first-order valence-electron chi connectivity index (χ1n) is 8.38. The van der Waals surface area contributed by atoms with Crippen LogP contribution in [0.15, 0.2) is 23.3 Å². The molecule has 0 saturated heterocycles. The number of guanidine groups is 1. The van der Waals surface area contributed by atoms with Crippen LogP contribution in [0.3, 0.4) is 0 Å². The van der Waals surface area contributed by atoms with E-state index in [0.29, 0.717) is 0 Å². The minimum atomic E-state index is 0. The normalized spacial score (nSPS) is 14.5. The van der Waals surface area contributed by atoms with Crippen LogP contribution in [0.25, 0.3) is 0 Å².